The summed E-state index contributed by atoms with van der Waals surface area (Å²) in [6.07, 6.45) is 1.80. The van der Waals surface area contributed by atoms with Gasteiger partial charge in [-0.15, -0.1) is 0 Å². The second-order valence-electron chi connectivity index (χ2n) is 2.34. The van der Waals surface area contributed by atoms with Gasteiger partial charge >= 0.3 is 0 Å². The molecule has 4 nitrogen and oxygen atoms in total. The maximum atomic E-state index is 11.3. The van der Waals surface area contributed by atoms with Gasteiger partial charge in [0, 0.05) is 17.7 Å². The molecule has 0 amide bonds. The maximum Gasteiger partial charge on any atom is 0.269 e. The molecular weight excluding hydrogens is 222 g/mol. The van der Waals surface area contributed by atoms with Gasteiger partial charge in [0.2, 0.25) is 5.12 Å². The van der Waals surface area contributed by atoms with E-state index in [1.54, 1.807) is 6.26 Å². The Hall–Kier alpha value is -1.01. The number of nitro groups is 1. The summed E-state index contributed by atoms with van der Waals surface area (Å²) < 4.78 is 0. The van der Waals surface area contributed by atoms with E-state index in [1.165, 1.54) is 35.1 Å². The molecule has 1 aromatic carbocycles. The van der Waals surface area contributed by atoms with Crippen molar-refractivity contribution in [2.45, 2.75) is 0 Å². The van der Waals surface area contributed by atoms with Gasteiger partial charge in [0.15, 0.2) is 0 Å². The first-order valence-corrected chi connectivity index (χ1v) is 6.20. The molecule has 0 N–H and O–H groups in total. The lowest BCUT2D eigenvalue weighted by atomic mass is 10.2. The Morgan fingerprint density at radius 2 is 1.93 bits per heavy atom. The summed E-state index contributed by atoms with van der Waals surface area (Å²) in [5, 5.41) is 10.2. The number of hydrogen-bond acceptors (Lipinski definition) is 5. The van der Waals surface area contributed by atoms with Crippen molar-refractivity contribution in [1.82, 2.24) is 0 Å². The predicted molar refractivity (Wildman–Crippen MR) is 58.5 cm³/mol. The molecule has 74 valence electrons. The van der Waals surface area contributed by atoms with Crippen molar-refractivity contribution in [3.8, 4) is 0 Å². The van der Waals surface area contributed by atoms with Crippen molar-refractivity contribution in [1.29, 1.82) is 0 Å². The molecule has 6 heteroatoms. The maximum absolute atomic E-state index is 11.3. The quantitative estimate of drug-likeness (QED) is 0.453. The SMILES string of the molecule is CSSC(=O)c1ccc([N+](=O)[O-])cc1. The lowest BCUT2D eigenvalue weighted by Gasteiger charge is -1.96. The van der Waals surface area contributed by atoms with Gasteiger partial charge in [-0.05, 0) is 29.2 Å². The lowest BCUT2D eigenvalue weighted by Crippen LogP contribution is -1.92. The highest BCUT2D eigenvalue weighted by atomic mass is 33.1. The van der Waals surface area contributed by atoms with Crippen LogP contribution in [0.3, 0.4) is 0 Å². The smallest absolute Gasteiger partial charge is 0.269 e. The summed E-state index contributed by atoms with van der Waals surface area (Å²) >= 11 is 0. The molecule has 0 saturated carbocycles. The van der Waals surface area contributed by atoms with Crippen LogP contribution in [0.1, 0.15) is 10.4 Å². The molecule has 0 bridgehead atoms. The van der Waals surface area contributed by atoms with Gasteiger partial charge in [0.25, 0.3) is 5.69 Å². The minimum absolute atomic E-state index is 0.00398. The third-order valence-corrected chi connectivity index (χ3v) is 2.98. The standard InChI is InChI=1S/C8H7NO3S2/c1-13-14-8(10)6-2-4-7(5-3-6)9(11)12/h2-5H,1H3. The van der Waals surface area contributed by atoms with Gasteiger partial charge in [-0.1, -0.05) is 10.8 Å². The molecule has 0 fully saturated rings. The molecule has 0 aliphatic carbocycles. The normalized spacial score (nSPS) is 9.79. The molecule has 0 aromatic heterocycles. The van der Waals surface area contributed by atoms with E-state index >= 15 is 0 Å². The van der Waals surface area contributed by atoms with Crippen LogP contribution < -0.4 is 0 Å². The summed E-state index contributed by atoms with van der Waals surface area (Å²) in [6, 6.07) is 5.58. The van der Waals surface area contributed by atoms with Crippen LogP contribution in [0, 0.1) is 10.1 Å². The van der Waals surface area contributed by atoms with Crippen molar-refractivity contribution in [2.75, 3.05) is 6.26 Å². The fraction of sp³-hybridized carbons (Fsp3) is 0.125. The second-order valence-corrected chi connectivity index (χ2v) is 4.71. The lowest BCUT2D eigenvalue weighted by molar-refractivity contribution is -0.384. The molecule has 0 unspecified atom stereocenters. The van der Waals surface area contributed by atoms with E-state index in [-0.39, 0.29) is 10.8 Å². The van der Waals surface area contributed by atoms with Crippen LogP contribution in [0.25, 0.3) is 0 Å². The Morgan fingerprint density at radius 1 is 1.36 bits per heavy atom. The number of carbonyl (C=O) groups is 1. The number of benzene rings is 1. The monoisotopic (exact) mass is 229 g/mol. The fourth-order valence-corrected chi connectivity index (χ4v) is 1.97. The van der Waals surface area contributed by atoms with Crippen LogP contribution in [0.5, 0.6) is 0 Å². The number of carbonyl (C=O) groups excluding carboxylic acids is 1. The number of non-ortho nitro benzene ring substituents is 1. The van der Waals surface area contributed by atoms with Crippen molar-refractivity contribution in [2.24, 2.45) is 0 Å². The topological polar surface area (TPSA) is 60.2 Å². The molecule has 0 aliphatic rings. The molecule has 0 saturated heterocycles. The van der Waals surface area contributed by atoms with E-state index in [1.807, 2.05) is 0 Å². The van der Waals surface area contributed by atoms with E-state index in [0.717, 1.165) is 10.8 Å². The molecule has 0 heterocycles. The summed E-state index contributed by atoms with van der Waals surface area (Å²) in [6.45, 7) is 0. The van der Waals surface area contributed by atoms with Crippen molar-refractivity contribution >= 4 is 32.4 Å². The van der Waals surface area contributed by atoms with E-state index < -0.39 is 4.92 Å². The first-order chi connectivity index (χ1) is 6.65. The van der Waals surface area contributed by atoms with Gasteiger partial charge in [-0.25, -0.2) is 0 Å². The van der Waals surface area contributed by atoms with Gasteiger partial charge < -0.3 is 0 Å². The van der Waals surface area contributed by atoms with Crippen LogP contribution in [-0.2, 0) is 0 Å². The van der Waals surface area contributed by atoms with Crippen LogP contribution >= 0.6 is 21.6 Å². The number of nitrogens with zero attached hydrogens (tertiary/aromatic N) is 1. The first kappa shape index (κ1) is 11.1. The summed E-state index contributed by atoms with van der Waals surface area (Å²) in [5.41, 5.74) is 0.477. The average Bonchev–Trinajstić information content (AvgIpc) is 2.18. The van der Waals surface area contributed by atoms with Crippen LogP contribution in [-0.4, -0.2) is 16.3 Å². The van der Waals surface area contributed by atoms with Crippen molar-refractivity contribution in [3.63, 3.8) is 0 Å². The molecule has 1 aromatic rings. The van der Waals surface area contributed by atoms with Crippen molar-refractivity contribution < 1.29 is 9.72 Å². The van der Waals surface area contributed by atoms with E-state index in [4.69, 9.17) is 0 Å². The predicted octanol–water partition coefficient (Wildman–Crippen LogP) is 2.75. The molecule has 0 atom stereocenters. The molecular formula is C8H7NO3S2. The minimum atomic E-state index is -0.490. The highest BCUT2D eigenvalue weighted by Gasteiger charge is 2.09. The third-order valence-electron chi connectivity index (χ3n) is 1.47. The van der Waals surface area contributed by atoms with E-state index in [9.17, 15) is 14.9 Å². The zero-order chi connectivity index (χ0) is 10.6. The average molecular weight is 229 g/mol. The summed E-state index contributed by atoms with van der Waals surface area (Å²) in [7, 11) is 2.45. The Labute approximate surface area is 88.6 Å². The van der Waals surface area contributed by atoms with Crippen LogP contribution in [0.4, 0.5) is 5.69 Å². The zero-order valence-electron chi connectivity index (χ0n) is 7.30. The molecule has 14 heavy (non-hydrogen) atoms. The second kappa shape index (κ2) is 5.02. The summed E-state index contributed by atoms with van der Waals surface area (Å²) in [4.78, 5) is 21.1. The largest absolute Gasteiger partial charge is 0.281 e. The fourth-order valence-electron chi connectivity index (χ4n) is 0.843. The molecule has 1 rings (SSSR count). The molecule has 0 aliphatic heterocycles. The van der Waals surface area contributed by atoms with Crippen LogP contribution in [0.2, 0.25) is 0 Å². The molecule has 0 spiro atoms. The molecule has 0 radical (unpaired) electrons. The zero-order valence-corrected chi connectivity index (χ0v) is 8.93. The van der Waals surface area contributed by atoms with Gasteiger partial charge in [0.05, 0.1) is 4.92 Å². The van der Waals surface area contributed by atoms with Gasteiger partial charge in [-0.2, -0.15) is 0 Å². The Morgan fingerprint density at radius 3 is 2.36 bits per heavy atom. The number of rotatable bonds is 3. The van der Waals surface area contributed by atoms with E-state index in [0.29, 0.717) is 5.56 Å². The summed E-state index contributed by atoms with van der Waals surface area (Å²) in [5.74, 6) is 0. The Bertz CT molecular complexity index is 350. The van der Waals surface area contributed by atoms with Crippen LogP contribution in [0.15, 0.2) is 24.3 Å². The first-order valence-electron chi connectivity index (χ1n) is 3.64. The Kier molecular flexibility index (Phi) is 3.97. The van der Waals surface area contributed by atoms with E-state index in [2.05, 4.69) is 0 Å². The number of hydrogen-bond donors (Lipinski definition) is 0. The Balaban J connectivity index is 2.83. The highest BCUT2D eigenvalue weighted by molar-refractivity contribution is 8.82. The third kappa shape index (κ3) is 2.74. The van der Waals surface area contributed by atoms with Crippen molar-refractivity contribution in [3.05, 3.63) is 39.9 Å². The van der Waals surface area contributed by atoms with Gasteiger partial charge in [-0.3, -0.25) is 14.9 Å². The minimum Gasteiger partial charge on any atom is -0.281 e. The number of nitro benzene ring substituents is 1. The highest BCUT2D eigenvalue weighted by Crippen LogP contribution is 2.23. The van der Waals surface area contributed by atoms with Gasteiger partial charge in [0.1, 0.15) is 0 Å².